The lowest BCUT2D eigenvalue weighted by molar-refractivity contribution is -0.203. The molecule has 0 radical (unpaired) electrons. The van der Waals surface area contributed by atoms with Crippen molar-refractivity contribution in [3.8, 4) is 0 Å². The van der Waals surface area contributed by atoms with Gasteiger partial charge in [0, 0.05) is 12.8 Å². The first-order valence-corrected chi connectivity index (χ1v) is 3.35. The normalized spacial score (nSPS) is 12.7. The van der Waals surface area contributed by atoms with E-state index in [1.807, 2.05) is 0 Å². The van der Waals surface area contributed by atoms with Gasteiger partial charge in [-0.25, -0.2) is 0 Å². The zero-order valence-electron chi connectivity index (χ0n) is 6.49. The fourth-order valence-electron chi connectivity index (χ4n) is 0.661. The number of rotatable bonds is 5. The van der Waals surface area contributed by atoms with E-state index in [2.05, 4.69) is 13.2 Å². The largest absolute Gasteiger partial charge is 0.313 e. The summed E-state index contributed by atoms with van der Waals surface area (Å²) in [6.07, 6.45) is -0.490. The van der Waals surface area contributed by atoms with E-state index >= 15 is 0 Å². The molecule has 12 heavy (non-hydrogen) atoms. The van der Waals surface area contributed by atoms with Gasteiger partial charge < -0.3 is 0 Å². The van der Waals surface area contributed by atoms with Gasteiger partial charge in [0.05, 0.1) is 0 Å². The minimum Gasteiger partial charge on any atom is -0.200 e. The molecule has 0 fully saturated rings. The maximum Gasteiger partial charge on any atom is 0.313 e. The molecule has 70 valence electrons. The lowest BCUT2D eigenvalue weighted by atomic mass is 10.1. The van der Waals surface area contributed by atoms with E-state index in [4.69, 9.17) is 0 Å². The molecule has 0 aromatic rings. The van der Waals surface area contributed by atoms with Gasteiger partial charge in [-0.15, -0.1) is 13.2 Å². The average molecular weight is 182 g/mol. The average Bonchev–Trinajstić information content (AvgIpc) is 1.86. The van der Waals surface area contributed by atoms with Crippen molar-refractivity contribution >= 4 is 0 Å². The Morgan fingerprint density at radius 2 is 1.08 bits per heavy atom. The zero-order chi connectivity index (χ0) is 9.83. The van der Waals surface area contributed by atoms with Gasteiger partial charge in [-0.3, -0.25) is 0 Å². The molecule has 4 heteroatoms. The topological polar surface area (TPSA) is 0 Å². The highest BCUT2D eigenvalue weighted by Gasteiger charge is 2.53. The molecule has 0 saturated heterocycles. The lowest BCUT2D eigenvalue weighted by Crippen LogP contribution is -2.39. The zero-order valence-corrected chi connectivity index (χ0v) is 6.49. The van der Waals surface area contributed by atoms with Gasteiger partial charge >= 0.3 is 11.8 Å². The van der Waals surface area contributed by atoms with Gasteiger partial charge in [0.1, 0.15) is 0 Å². The summed E-state index contributed by atoms with van der Waals surface area (Å²) in [5, 5.41) is 0. The van der Waals surface area contributed by atoms with Crippen molar-refractivity contribution in [2.75, 3.05) is 0 Å². The van der Waals surface area contributed by atoms with E-state index in [0.29, 0.717) is 0 Å². The molecule has 0 aliphatic rings. The first kappa shape index (κ1) is 11.2. The second-order valence-corrected chi connectivity index (χ2v) is 2.39. The van der Waals surface area contributed by atoms with E-state index in [9.17, 15) is 17.6 Å². The highest BCUT2D eigenvalue weighted by molar-refractivity contribution is 4.93. The highest BCUT2D eigenvalue weighted by Crippen LogP contribution is 2.39. The Balaban J connectivity index is 4.48. The molecule has 0 N–H and O–H groups in total. The summed E-state index contributed by atoms with van der Waals surface area (Å²) in [6, 6.07) is 0. The molecule has 0 unspecified atom stereocenters. The van der Waals surface area contributed by atoms with Gasteiger partial charge in [0.25, 0.3) is 0 Å². The molecule has 0 aliphatic carbocycles. The van der Waals surface area contributed by atoms with Crippen LogP contribution in [0.15, 0.2) is 25.3 Å². The molecule has 0 aliphatic heterocycles. The monoisotopic (exact) mass is 182 g/mol. The van der Waals surface area contributed by atoms with Crippen molar-refractivity contribution in [1.29, 1.82) is 0 Å². The standard InChI is InChI=1S/C8H10F4/c1-3-5-7(9,10)8(11,12)6-4-2/h3-4H,1-2,5-6H2. The van der Waals surface area contributed by atoms with Crippen molar-refractivity contribution in [2.24, 2.45) is 0 Å². The lowest BCUT2D eigenvalue weighted by Gasteiger charge is -2.24. The van der Waals surface area contributed by atoms with Crippen molar-refractivity contribution in [1.82, 2.24) is 0 Å². The van der Waals surface area contributed by atoms with E-state index in [-0.39, 0.29) is 0 Å². The third-order valence-electron chi connectivity index (χ3n) is 1.34. The summed E-state index contributed by atoms with van der Waals surface area (Å²) in [6.45, 7) is 5.96. The van der Waals surface area contributed by atoms with Crippen LogP contribution in [0, 0.1) is 0 Å². The van der Waals surface area contributed by atoms with E-state index in [1.165, 1.54) is 0 Å². The van der Waals surface area contributed by atoms with Gasteiger partial charge in [-0.1, -0.05) is 12.2 Å². The van der Waals surface area contributed by atoms with Crippen LogP contribution in [0.25, 0.3) is 0 Å². The molecule has 0 atom stereocenters. The number of hydrogen-bond donors (Lipinski definition) is 0. The van der Waals surface area contributed by atoms with Crippen LogP contribution in [0.5, 0.6) is 0 Å². The van der Waals surface area contributed by atoms with E-state index in [0.717, 1.165) is 12.2 Å². The Kier molecular flexibility index (Phi) is 3.49. The van der Waals surface area contributed by atoms with Crippen LogP contribution < -0.4 is 0 Å². The van der Waals surface area contributed by atoms with Crippen molar-refractivity contribution in [3.05, 3.63) is 25.3 Å². The molecular formula is C8H10F4. The Labute approximate surface area is 68.6 Å². The SMILES string of the molecule is C=CCC(F)(F)C(F)(F)CC=C. The molecule has 0 aromatic carbocycles. The molecule has 0 amide bonds. The molecule has 0 spiro atoms. The number of allylic oxidation sites excluding steroid dienone is 2. The molecule has 0 nitrogen and oxygen atoms in total. The molecule has 0 aromatic heterocycles. The van der Waals surface area contributed by atoms with Crippen LogP contribution in [-0.2, 0) is 0 Å². The highest BCUT2D eigenvalue weighted by atomic mass is 19.3. The Morgan fingerprint density at radius 3 is 1.25 bits per heavy atom. The number of hydrogen-bond acceptors (Lipinski definition) is 0. The van der Waals surface area contributed by atoms with Crippen LogP contribution in [0.1, 0.15) is 12.8 Å². The first-order valence-electron chi connectivity index (χ1n) is 3.35. The Bertz CT molecular complexity index is 152. The molecule has 0 rings (SSSR count). The second-order valence-electron chi connectivity index (χ2n) is 2.39. The van der Waals surface area contributed by atoms with Gasteiger partial charge in [-0.2, -0.15) is 17.6 Å². The summed E-state index contributed by atoms with van der Waals surface area (Å²) >= 11 is 0. The van der Waals surface area contributed by atoms with Gasteiger partial charge in [0.15, 0.2) is 0 Å². The minimum atomic E-state index is -4.02. The fraction of sp³-hybridized carbons (Fsp3) is 0.500. The van der Waals surface area contributed by atoms with Crippen molar-refractivity contribution in [2.45, 2.75) is 24.7 Å². The third-order valence-corrected chi connectivity index (χ3v) is 1.34. The Hall–Kier alpha value is -0.800. The predicted octanol–water partition coefficient (Wildman–Crippen LogP) is 3.41. The molecule has 0 heterocycles. The molecule has 0 bridgehead atoms. The minimum absolute atomic E-state index is 0.775. The maximum atomic E-state index is 12.5. The first-order chi connectivity index (χ1) is 5.37. The van der Waals surface area contributed by atoms with Gasteiger partial charge in [-0.05, 0) is 0 Å². The molecular weight excluding hydrogens is 172 g/mol. The van der Waals surface area contributed by atoms with Crippen LogP contribution >= 0.6 is 0 Å². The van der Waals surface area contributed by atoms with E-state index < -0.39 is 24.7 Å². The van der Waals surface area contributed by atoms with Crippen LogP contribution in [-0.4, -0.2) is 11.8 Å². The quantitative estimate of drug-likeness (QED) is 0.451. The number of halogens is 4. The summed E-state index contributed by atoms with van der Waals surface area (Å²) in [5.41, 5.74) is 0. The van der Waals surface area contributed by atoms with Crippen LogP contribution in [0.3, 0.4) is 0 Å². The smallest absolute Gasteiger partial charge is 0.200 e. The third kappa shape index (κ3) is 2.36. The van der Waals surface area contributed by atoms with E-state index in [1.54, 1.807) is 0 Å². The Morgan fingerprint density at radius 1 is 0.833 bits per heavy atom. The van der Waals surface area contributed by atoms with Crippen molar-refractivity contribution < 1.29 is 17.6 Å². The predicted molar refractivity (Wildman–Crippen MR) is 39.5 cm³/mol. The number of alkyl halides is 4. The summed E-state index contributed by atoms with van der Waals surface area (Å²) in [7, 11) is 0. The summed E-state index contributed by atoms with van der Waals surface area (Å²) in [4.78, 5) is 0. The maximum absolute atomic E-state index is 12.5. The second kappa shape index (κ2) is 3.74. The van der Waals surface area contributed by atoms with Crippen LogP contribution in [0.2, 0.25) is 0 Å². The van der Waals surface area contributed by atoms with Crippen LogP contribution in [0.4, 0.5) is 17.6 Å². The fourth-order valence-corrected chi connectivity index (χ4v) is 0.661. The molecule has 0 saturated carbocycles. The van der Waals surface area contributed by atoms with Crippen molar-refractivity contribution in [3.63, 3.8) is 0 Å². The summed E-state index contributed by atoms with van der Waals surface area (Å²) < 4.78 is 50.1. The summed E-state index contributed by atoms with van der Waals surface area (Å²) in [5.74, 6) is -8.05. The van der Waals surface area contributed by atoms with Gasteiger partial charge in [0.2, 0.25) is 0 Å².